The smallest absolute Gasteiger partial charge is 0.332 e. The Bertz CT molecular complexity index is 758. The zero-order chi connectivity index (χ0) is 23.1. The van der Waals surface area contributed by atoms with Gasteiger partial charge in [0.2, 0.25) is 0 Å². The molecule has 4 rings (SSSR count). The van der Waals surface area contributed by atoms with E-state index in [0.717, 1.165) is 47.6 Å². The molecule has 180 valence electrons. The van der Waals surface area contributed by atoms with Gasteiger partial charge >= 0.3 is 6.03 Å². The maximum Gasteiger partial charge on any atom is 0.332 e. The number of nitrogens with zero attached hydrogens (tertiary/aromatic N) is 1. The van der Waals surface area contributed by atoms with Gasteiger partial charge in [0.1, 0.15) is 0 Å². The highest BCUT2D eigenvalue weighted by molar-refractivity contribution is 5.96. The molecule has 4 aliphatic rings. The van der Waals surface area contributed by atoms with Crippen LogP contribution in [0.5, 0.6) is 0 Å². The third kappa shape index (κ3) is 4.28. The molecule has 0 saturated heterocycles. The molecule has 0 aromatic heterocycles. The lowest BCUT2D eigenvalue weighted by Gasteiger charge is -2.59. The Labute approximate surface area is 196 Å². The van der Waals surface area contributed by atoms with Gasteiger partial charge in [-0.25, -0.2) is 10.2 Å². The van der Waals surface area contributed by atoms with Crippen LogP contribution in [0.3, 0.4) is 0 Å². The fraction of sp³-hybridized carbons (Fsp3) is 0.857. The number of allylic oxidation sites excluding steroid dienone is 2. The second-order valence-corrected chi connectivity index (χ2v) is 12.7. The number of nitrogens with two attached hydrogens (primary N) is 1. The van der Waals surface area contributed by atoms with Crippen molar-refractivity contribution in [2.24, 2.45) is 63.1 Å². The minimum atomic E-state index is -0.580. The summed E-state index contributed by atoms with van der Waals surface area (Å²) in [4.78, 5) is 11.1. The van der Waals surface area contributed by atoms with E-state index in [4.69, 9.17) is 5.73 Å². The van der Waals surface area contributed by atoms with Gasteiger partial charge in [-0.2, -0.15) is 5.10 Å². The fourth-order valence-corrected chi connectivity index (χ4v) is 8.88. The Morgan fingerprint density at radius 1 is 1.12 bits per heavy atom. The van der Waals surface area contributed by atoms with Crippen molar-refractivity contribution in [2.75, 3.05) is 0 Å². The minimum absolute atomic E-state index is 0.275. The molecule has 32 heavy (non-hydrogen) atoms. The van der Waals surface area contributed by atoms with Gasteiger partial charge in [0.05, 0.1) is 5.71 Å². The van der Waals surface area contributed by atoms with Crippen LogP contribution in [0.4, 0.5) is 4.79 Å². The number of fused-ring (bicyclic) bond motifs is 5. The number of rotatable bonds is 6. The quantitative estimate of drug-likeness (QED) is 0.432. The lowest BCUT2D eigenvalue weighted by Crippen LogP contribution is -2.52. The molecule has 3 N–H and O–H groups in total. The van der Waals surface area contributed by atoms with Crippen molar-refractivity contribution in [1.82, 2.24) is 5.43 Å². The fourth-order valence-electron chi connectivity index (χ4n) is 8.88. The molecule has 3 fully saturated rings. The number of hydrogen-bond acceptors (Lipinski definition) is 2. The molecule has 0 aromatic rings. The normalized spacial score (nSPS) is 42.9. The molecule has 2 amide bonds. The van der Waals surface area contributed by atoms with E-state index in [0.29, 0.717) is 11.3 Å². The number of carbonyl (C=O) groups is 1. The summed E-state index contributed by atoms with van der Waals surface area (Å²) < 4.78 is 0. The highest BCUT2D eigenvalue weighted by atomic mass is 16.2. The Hall–Kier alpha value is -1.32. The molecule has 0 bridgehead atoms. The summed E-state index contributed by atoms with van der Waals surface area (Å²) in [5, 5.41) is 4.24. The highest BCUT2D eigenvalue weighted by Crippen LogP contribution is 2.67. The molecule has 0 unspecified atom stereocenters. The Morgan fingerprint density at radius 3 is 2.62 bits per heavy atom. The second-order valence-electron chi connectivity index (χ2n) is 12.7. The van der Waals surface area contributed by atoms with Crippen molar-refractivity contribution >= 4 is 11.7 Å². The molecule has 4 nitrogen and oxygen atoms in total. The molecule has 0 aliphatic heterocycles. The summed E-state index contributed by atoms with van der Waals surface area (Å²) in [5.41, 5.74) is 9.44. The number of hydrogen-bond donors (Lipinski definition) is 2. The molecular formula is C28H47N3O. The molecule has 0 aromatic carbocycles. The van der Waals surface area contributed by atoms with Gasteiger partial charge in [0.15, 0.2) is 0 Å². The van der Waals surface area contributed by atoms with Crippen LogP contribution in [-0.2, 0) is 0 Å². The predicted molar refractivity (Wildman–Crippen MR) is 133 cm³/mol. The maximum atomic E-state index is 11.1. The summed E-state index contributed by atoms with van der Waals surface area (Å²) in [5.74, 6) is 5.87. The van der Waals surface area contributed by atoms with Crippen LogP contribution in [0.2, 0.25) is 0 Å². The van der Waals surface area contributed by atoms with E-state index < -0.39 is 6.03 Å². The van der Waals surface area contributed by atoms with Gasteiger partial charge in [0, 0.05) is 0 Å². The molecular weight excluding hydrogens is 394 g/mol. The number of carbonyl (C=O) groups excluding carboxylic acids is 1. The van der Waals surface area contributed by atoms with Crippen molar-refractivity contribution < 1.29 is 4.79 Å². The van der Waals surface area contributed by atoms with E-state index in [1.54, 1.807) is 0 Å². The number of hydrazone groups is 1. The summed E-state index contributed by atoms with van der Waals surface area (Å²) >= 11 is 0. The molecule has 0 spiro atoms. The topological polar surface area (TPSA) is 67.5 Å². The van der Waals surface area contributed by atoms with E-state index in [-0.39, 0.29) is 5.41 Å². The van der Waals surface area contributed by atoms with Gasteiger partial charge in [-0.3, -0.25) is 0 Å². The summed E-state index contributed by atoms with van der Waals surface area (Å²) in [6.07, 6.45) is 18.2. The van der Waals surface area contributed by atoms with Crippen molar-refractivity contribution in [1.29, 1.82) is 0 Å². The molecule has 4 aliphatic carbocycles. The molecule has 0 radical (unpaired) electrons. The van der Waals surface area contributed by atoms with Crippen LogP contribution < -0.4 is 11.2 Å². The molecule has 0 heterocycles. The predicted octanol–water partition coefficient (Wildman–Crippen LogP) is 6.91. The molecule has 8 atom stereocenters. The largest absolute Gasteiger partial charge is 0.350 e. The second kappa shape index (κ2) is 9.14. The first-order valence-corrected chi connectivity index (χ1v) is 13.5. The van der Waals surface area contributed by atoms with Gasteiger partial charge in [-0.15, -0.1) is 0 Å². The van der Waals surface area contributed by atoms with Gasteiger partial charge in [-0.1, -0.05) is 60.0 Å². The van der Waals surface area contributed by atoms with Crippen molar-refractivity contribution in [2.45, 2.75) is 98.8 Å². The first-order valence-electron chi connectivity index (χ1n) is 13.5. The van der Waals surface area contributed by atoms with Gasteiger partial charge in [-0.05, 0) is 103 Å². The standard InChI is InChI=1S/C28H47N3O/c1-18(2)7-6-8-19(3)23-11-12-24-22-10-9-20-17-21(30-31-26(29)32)13-15-27(20,4)25(22)14-16-28(23,24)5/h13,15,18-20,22-25H,6-12,14,16-17H2,1-5H3,(H3,29,31,32)/b30-21-/t19-,20-,22+,23-,24+,25+,27+,28-/m1/s1. The first kappa shape index (κ1) is 23.8. The minimum Gasteiger partial charge on any atom is -0.350 e. The third-order valence-electron chi connectivity index (χ3n) is 10.6. The van der Waals surface area contributed by atoms with Crippen LogP contribution in [-0.4, -0.2) is 11.7 Å². The SMILES string of the molecule is CC(C)CCC[C@@H](C)[C@H]1CC[C@H]2[C@@H]3CC[C@@H]4C/C(=N\NC(N)=O)C=C[C@]4(C)[C@H]3CC[C@]12C. The van der Waals surface area contributed by atoms with E-state index in [1.807, 2.05) is 0 Å². The average Bonchev–Trinajstić information content (AvgIpc) is 3.09. The van der Waals surface area contributed by atoms with Crippen LogP contribution >= 0.6 is 0 Å². The third-order valence-corrected chi connectivity index (χ3v) is 10.6. The summed E-state index contributed by atoms with van der Waals surface area (Å²) in [6.45, 7) is 12.5. The summed E-state index contributed by atoms with van der Waals surface area (Å²) in [6, 6.07) is -0.580. The monoisotopic (exact) mass is 441 g/mol. The van der Waals surface area contributed by atoms with Gasteiger partial charge < -0.3 is 5.73 Å². The Kier molecular flexibility index (Phi) is 6.81. The van der Waals surface area contributed by atoms with Crippen LogP contribution in [0, 0.1) is 52.3 Å². The van der Waals surface area contributed by atoms with Crippen molar-refractivity contribution in [3.05, 3.63) is 12.2 Å². The zero-order valence-corrected chi connectivity index (χ0v) is 21.2. The number of amides is 2. The van der Waals surface area contributed by atoms with Crippen LogP contribution in [0.25, 0.3) is 0 Å². The number of primary amides is 1. The first-order chi connectivity index (χ1) is 15.1. The Morgan fingerprint density at radius 2 is 1.91 bits per heavy atom. The van der Waals surface area contributed by atoms with Gasteiger partial charge in [0.25, 0.3) is 0 Å². The average molecular weight is 442 g/mol. The van der Waals surface area contributed by atoms with E-state index in [9.17, 15) is 4.79 Å². The summed E-state index contributed by atoms with van der Waals surface area (Å²) in [7, 11) is 0. The number of urea groups is 1. The maximum absolute atomic E-state index is 11.1. The Balaban J connectivity index is 1.47. The van der Waals surface area contributed by atoms with Crippen molar-refractivity contribution in [3.63, 3.8) is 0 Å². The van der Waals surface area contributed by atoms with E-state index >= 15 is 0 Å². The highest BCUT2D eigenvalue weighted by Gasteiger charge is 2.59. The lowest BCUT2D eigenvalue weighted by atomic mass is 9.45. The van der Waals surface area contributed by atoms with Crippen LogP contribution in [0.15, 0.2) is 17.3 Å². The molecule has 4 heteroatoms. The van der Waals surface area contributed by atoms with Crippen LogP contribution in [0.1, 0.15) is 98.8 Å². The lowest BCUT2D eigenvalue weighted by molar-refractivity contribution is -0.0808. The molecule has 3 saturated carbocycles. The van der Waals surface area contributed by atoms with E-state index in [1.165, 1.54) is 57.8 Å². The van der Waals surface area contributed by atoms with Crippen molar-refractivity contribution in [3.8, 4) is 0 Å². The van der Waals surface area contributed by atoms with E-state index in [2.05, 4.69) is 57.3 Å². The zero-order valence-electron chi connectivity index (χ0n) is 21.2. The number of nitrogens with one attached hydrogen (secondary N) is 1.